The van der Waals surface area contributed by atoms with E-state index in [1.165, 1.54) is 0 Å². The first-order valence-electron chi connectivity index (χ1n) is 3.85. The number of likely N-dealkylation sites (N-methyl/N-ethyl adjacent to an activating group) is 2. The lowest BCUT2D eigenvalue weighted by molar-refractivity contribution is -0.122. The van der Waals surface area contributed by atoms with E-state index in [0.29, 0.717) is 6.54 Å². The van der Waals surface area contributed by atoms with Gasteiger partial charge in [-0.3, -0.25) is 4.79 Å². The number of carbonyl (C=O) groups is 1. The van der Waals surface area contributed by atoms with Crippen LogP contribution in [-0.4, -0.2) is 32.6 Å². The quantitative estimate of drug-likeness (QED) is 0.485. The molecule has 4 N–H and O–H groups in total. The molecule has 0 aliphatic heterocycles. The fourth-order valence-electron chi connectivity index (χ4n) is 0.903. The van der Waals surface area contributed by atoms with Gasteiger partial charge in [-0.15, -0.1) is 0 Å². The normalized spacial score (nSPS) is 12.6. The molecule has 0 bridgehead atoms. The van der Waals surface area contributed by atoms with Crippen LogP contribution in [0.5, 0.6) is 0 Å². The van der Waals surface area contributed by atoms with Crippen molar-refractivity contribution in [3.8, 4) is 0 Å². The van der Waals surface area contributed by atoms with E-state index in [2.05, 4.69) is 10.6 Å². The molecular weight excluding hydrogens is 142 g/mol. The molecule has 0 aliphatic carbocycles. The number of carbonyl (C=O) groups excluding carboxylic acids is 1. The van der Waals surface area contributed by atoms with Gasteiger partial charge >= 0.3 is 0 Å². The highest BCUT2D eigenvalue weighted by molar-refractivity contribution is 5.81. The maximum absolute atomic E-state index is 11.0. The number of amides is 1. The average Bonchev–Trinajstić information content (AvgIpc) is 2.05. The van der Waals surface area contributed by atoms with E-state index < -0.39 is 0 Å². The largest absolute Gasteiger partial charge is 0.358 e. The molecule has 0 aliphatic rings. The van der Waals surface area contributed by atoms with Gasteiger partial charge < -0.3 is 16.4 Å². The van der Waals surface area contributed by atoms with E-state index in [-0.39, 0.29) is 11.9 Å². The summed E-state index contributed by atoms with van der Waals surface area (Å²) in [6.45, 7) is 0.634. The van der Waals surface area contributed by atoms with Gasteiger partial charge in [0.15, 0.2) is 0 Å². The van der Waals surface area contributed by atoms with Crippen molar-refractivity contribution < 1.29 is 4.79 Å². The minimum absolute atomic E-state index is 0.0287. The molecule has 1 amide bonds. The lowest BCUT2D eigenvalue weighted by Gasteiger charge is -2.12. The highest BCUT2D eigenvalue weighted by Gasteiger charge is 2.12. The number of nitrogens with two attached hydrogens (primary N) is 1. The summed E-state index contributed by atoms with van der Waals surface area (Å²) in [6.07, 6.45) is 1.67. The maximum Gasteiger partial charge on any atom is 0.236 e. The smallest absolute Gasteiger partial charge is 0.236 e. The zero-order valence-corrected chi connectivity index (χ0v) is 7.18. The first kappa shape index (κ1) is 10.4. The monoisotopic (exact) mass is 159 g/mol. The molecular formula is C7H17N3O. The number of hydrogen-bond donors (Lipinski definition) is 3. The molecule has 4 nitrogen and oxygen atoms in total. The van der Waals surface area contributed by atoms with Crippen molar-refractivity contribution in [3.63, 3.8) is 0 Å². The van der Waals surface area contributed by atoms with E-state index in [1.54, 1.807) is 14.1 Å². The molecule has 0 heterocycles. The number of nitrogens with one attached hydrogen (secondary N) is 2. The number of rotatable bonds is 5. The first-order valence-corrected chi connectivity index (χ1v) is 3.85. The Balaban J connectivity index is 3.65. The molecule has 0 aromatic heterocycles. The van der Waals surface area contributed by atoms with Crippen molar-refractivity contribution in [2.24, 2.45) is 5.73 Å². The molecule has 1 atom stereocenters. The van der Waals surface area contributed by atoms with Crippen molar-refractivity contribution >= 4 is 5.91 Å². The van der Waals surface area contributed by atoms with Gasteiger partial charge in [-0.05, 0) is 26.4 Å². The second kappa shape index (κ2) is 6.12. The van der Waals surface area contributed by atoms with Gasteiger partial charge in [-0.1, -0.05) is 0 Å². The Morgan fingerprint density at radius 2 is 2.18 bits per heavy atom. The average molecular weight is 159 g/mol. The predicted octanol–water partition coefficient (Wildman–Crippen LogP) is -0.941. The van der Waals surface area contributed by atoms with Gasteiger partial charge in [-0.2, -0.15) is 0 Å². The summed E-state index contributed by atoms with van der Waals surface area (Å²) < 4.78 is 0. The van der Waals surface area contributed by atoms with Gasteiger partial charge in [0.1, 0.15) is 0 Å². The molecule has 0 spiro atoms. The Bertz CT molecular complexity index is 116. The van der Waals surface area contributed by atoms with Crippen molar-refractivity contribution in [3.05, 3.63) is 0 Å². The lowest BCUT2D eigenvalue weighted by atomic mass is 10.1. The summed E-state index contributed by atoms with van der Waals surface area (Å²) in [7, 11) is 3.41. The molecule has 0 saturated carbocycles. The molecule has 4 heteroatoms. The molecule has 0 saturated heterocycles. The van der Waals surface area contributed by atoms with Crippen molar-refractivity contribution in [1.29, 1.82) is 0 Å². The van der Waals surface area contributed by atoms with Crippen LogP contribution in [0.2, 0.25) is 0 Å². The van der Waals surface area contributed by atoms with Crippen LogP contribution < -0.4 is 16.4 Å². The second-order valence-electron chi connectivity index (χ2n) is 2.39. The second-order valence-corrected chi connectivity index (χ2v) is 2.39. The van der Waals surface area contributed by atoms with Crippen molar-refractivity contribution in [2.75, 3.05) is 20.6 Å². The molecule has 0 fully saturated rings. The highest BCUT2D eigenvalue weighted by atomic mass is 16.2. The van der Waals surface area contributed by atoms with Crippen LogP contribution in [-0.2, 0) is 4.79 Å². The summed E-state index contributed by atoms with van der Waals surface area (Å²) >= 11 is 0. The summed E-state index contributed by atoms with van der Waals surface area (Å²) in [6, 6.07) is -0.0939. The minimum atomic E-state index is -0.0939. The minimum Gasteiger partial charge on any atom is -0.358 e. The SMILES string of the molecule is CNC(=O)[C@H](CCCN)NC. The van der Waals surface area contributed by atoms with Crippen molar-refractivity contribution in [2.45, 2.75) is 18.9 Å². The zero-order valence-electron chi connectivity index (χ0n) is 7.18. The molecule has 0 rings (SSSR count). The topological polar surface area (TPSA) is 67.2 Å². The molecule has 0 unspecified atom stereocenters. The standard InChI is InChI=1S/C7H17N3O/c1-9-6(4-3-5-8)7(11)10-2/h6,9H,3-5,8H2,1-2H3,(H,10,11)/t6-/m0/s1. The van der Waals surface area contributed by atoms with Gasteiger partial charge in [0.25, 0.3) is 0 Å². The summed E-state index contributed by atoms with van der Waals surface area (Å²) in [5.74, 6) is 0.0287. The zero-order chi connectivity index (χ0) is 8.69. The van der Waals surface area contributed by atoms with Crippen LogP contribution >= 0.6 is 0 Å². The molecule has 11 heavy (non-hydrogen) atoms. The van der Waals surface area contributed by atoms with Crippen LogP contribution in [0, 0.1) is 0 Å². The van der Waals surface area contributed by atoms with Crippen LogP contribution in [0.4, 0.5) is 0 Å². The van der Waals surface area contributed by atoms with Crippen molar-refractivity contribution in [1.82, 2.24) is 10.6 Å². The third-order valence-electron chi connectivity index (χ3n) is 1.61. The van der Waals surface area contributed by atoms with Crippen LogP contribution in [0.15, 0.2) is 0 Å². The Morgan fingerprint density at radius 1 is 1.55 bits per heavy atom. The van der Waals surface area contributed by atoms with Crippen LogP contribution in [0.1, 0.15) is 12.8 Å². The van der Waals surface area contributed by atoms with Gasteiger partial charge in [0.2, 0.25) is 5.91 Å². The first-order chi connectivity index (χ1) is 5.26. The Labute approximate surface area is 67.5 Å². The third kappa shape index (κ3) is 3.95. The molecule has 0 aromatic carbocycles. The Kier molecular flexibility index (Phi) is 5.78. The van der Waals surface area contributed by atoms with E-state index >= 15 is 0 Å². The fourth-order valence-corrected chi connectivity index (χ4v) is 0.903. The molecule has 0 radical (unpaired) electrons. The molecule has 66 valence electrons. The Morgan fingerprint density at radius 3 is 2.55 bits per heavy atom. The van der Waals surface area contributed by atoms with Crippen LogP contribution in [0.25, 0.3) is 0 Å². The maximum atomic E-state index is 11.0. The van der Waals surface area contributed by atoms with E-state index in [4.69, 9.17) is 5.73 Å². The lowest BCUT2D eigenvalue weighted by Crippen LogP contribution is -2.41. The Hall–Kier alpha value is -0.610. The highest BCUT2D eigenvalue weighted by Crippen LogP contribution is 1.94. The van der Waals surface area contributed by atoms with Gasteiger partial charge in [-0.25, -0.2) is 0 Å². The van der Waals surface area contributed by atoms with E-state index in [1.807, 2.05) is 0 Å². The fraction of sp³-hybridized carbons (Fsp3) is 0.857. The van der Waals surface area contributed by atoms with E-state index in [9.17, 15) is 4.79 Å². The van der Waals surface area contributed by atoms with Crippen LogP contribution in [0.3, 0.4) is 0 Å². The van der Waals surface area contributed by atoms with Gasteiger partial charge in [0, 0.05) is 7.05 Å². The van der Waals surface area contributed by atoms with Gasteiger partial charge in [0.05, 0.1) is 6.04 Å². The van der Waals surface area contributed by atoms with E-state index in [0.717, 1.165) is 12.8 Å². The predicted molar refractivity (Wildman–Crippen MR) is 45.2 cm³/mol. The number of hydrogen-bond acceptors (Lipinski definition) is 3. The third-order valence-corrected chi connectivity index (χ3v) is 1.61. The summed E-state index contributed by atoms with van der Waals surface area (Å²) in [4.78, 5) is 11.0. The summed E-state index contributed by atoms with van der Waals surface area (Å²) in [5.41, 5.74) is 5.31. The summed E-state index contributed by atoms with van der Waals surface area (Å²) in [5, 5.41) is 5.50. The molecule has 0 aromatic rings.